The molecule has 1 aromatic carbocycles. The number of rotatable bonds is 4. The minimum Gasteiger partial charge on any atom is -0.459 e. The molecule has 0 N–H and O–H groups in total. The molecule has 0 bridgehead atoms. The highest BCUT2D eigenvalue weighted by molar-refractivity contribution is 5.73. The summed E-state index contributed by atoms with van der Waals surface area (Å²) < 4.78 is 5.74. The lowest BCUT2D eigenvalue weighted by molar-refractivity contribution is -0.162. The van der Waals surface area contributed by atoms with Gasteiger partial charge in [-0.3, -0.25) is 4.79 Å². The van der Waals surface area contributed by atoms with Crippen molar-refractivity contribution in [1.82, 2.24) is 0 Å². The molecule has 0 aliphatic heterocycles. The van der Waals surface area contributed by atoms with Crippen LogP contribution in [0.25, 0.3) is 0 Å². The molecule has 1 aliphatic carbocycles. The van der Waals surface area contributed by atoms with Gasteiger partial charge in [0.1, 0.15) is 5.60 Å². The number of hydrogen-bond donors (Lipinski definition) is 0. The van der Waals surface area contributed by atoms with Gasteiger partial charge in [-0.25, -0.2) is 0 Å². The Morgan fingerprint density at radius 1 is 1.16 bits per heavy atom. The number of hydrogen-bond acceptors (Lipinski definition) is 2. The predicted octanol–water partition coefficient (Wildman–Crippen LogP) is 4.13. The van der Waals surface area contributed by atoms with Crippen LogP contribution in [0.1, 0.15) is 51.5 Å². The predicted molar refractivity (Wildman–Crippen MR) is 76.9 cm³/mol. The largest absolute Gasteiger partial charge is 0.459 e. The van der Waals surface area contributed by atoms with Crippen LogP contribution in [0.5, 0.6) is 0 Å². The molecule has 104 valence electrons. The second kappa shape index (κ2) is 6.23. The van der Waals surface area contributed by atoms with Crippen LogP contribution < -0.4 is 0 Å². The molecule has 1 saturated carbocycles. The fourth-order valence-electron chi connectivity index (χ4n) is 2.97. The van der Waals surface area contributed by atoms with Crippen LogP contribution in [0.15, 0.2) is 30.3 Å². The van der Waals surface area contributed by atoms with E-state index in [1.807, 2.05) is 30.3 Å². The van der Waals surface area contributed by atoms with Gasteiger partial charge in [0.05, 0.1) is 6.42 Å². The Balaban J connectivity index is 1.90. The zero-order chi connectivity index (χ0) is 13.7. The van der Waals surface area contributed by atoms with E-state index in [0.717, 1.165) is 5.56 Å². The van der Waals surface area contributed by atoms with Crippen molar-refractivity contribution in [3.8, 4) is 0 Å². The van der Waals surface area contributed by atoms with Gasteiger partial charge in [-0.05, 0) is 38.2 Å². The van der Waals surface area contributed by atoms with Crippen molar-refractivity contribution in [2.75, 3.05) is 0 Å². The minimum atomic E-state index is -0.327. The summed E-state index contributed by atoms with van der Waals surface area (Å²) in [6.45, 7) is 4.12. The van der Waals surface area contributed by atoms with Gasteiger partial charge in [0.2, 0.25) is 0 Å². The average Bonchev–Trinajstić information content (AvgIpc) is 2.40. The van der Waals surface area contributed by atoms with Gasteiger partial charge in [0.25, 0.3) is 0 Å². The van der Waals surface area contributed by atoms with Gasteiger partial charge < -0.3 is 4.74 Å². The maximum atomic E-state index is 12.0. The number of carbonyl (C=O) groups is 1. The van der Waals surface area contributed by atoms with Crippen molar-refractivity contribution in [2.24, 2.45) is 5.92 Å². The van der Waals surface area contributed by atoms with Crippen LogP contribution in [0.4, 0.5) is 0 Å². The fourth-order valence-corrected chi connectivity index (χ4v) is 2.97. The zero-order valence-electron chi connectivity index (χ0n) is 12.0. The Morgan fingerprint density at radius 3 is 2.42 bits per heavy atom. The van der Waals surface area contributed by atoms with Crippen LogP contribution in [0, 0.1) is 5.92 Å². The highest BCUT2D eigenvalue weighted by Crippen LogP contribution is 2.34. The molecule has 0 radical (unpaired) electrons. The average molecular weight is 260 g/mol. The van der Waals surface area contributed by atoms with Gasteiger partial charge in [0.15, 0.2) is 0 Å². The van der Waals surface area contributed by atoms with Gasteiger partial charge in [0, 0.05) is 0 Å². The van der Waals surface area contributed by atoms with E-state index in [0.29, 0.717) is 12.3 Å². The minimum absolute atomic E-state index is 0.109. The topological polar surface area (TPSA) is 26.3 Å². The third-order valence-electron chi connectivity index (χ3n) is 4.16. The van der Waals surface area contributed by atoms with Crippen molar-refractivity contribution in [3.63, 3.8) is 0 Å². The van der Waals surface area contributed by atoms with E-state index in [-0.39, 0.29) is 11.6 Å². The number of ether oxygens (including phenoxy) is 1. The second-order valence-electron chi connectivity index (χ2n) is 6.07. The molecule has 2 heteroatoms. The molecule has 0 heterocycles. The highest BCUT2D eigenvalue weighted by atomic mass is 16.6. The van der Waals surface area contributed by atoms with Crippen LogP contribution in [0.3, 0.4) is 0 Å². The molecule has 0 amide bonds. The normalized spacial score (nSPS) is 17.2. The van der Waals surface area contributed by atoms with Crippen molar-refractivity contribution >= 4 is 5.97 Å². The third-order valence-corrected chi connectivity index (χ3v) is 4.16. The fraction of sp³-hybridized carbons (Fsp3) is 0.588. The summed E-state index contributed by atoms with van der Waals surface area (Å²) in [5.74, 6) is 0.405. The Morgan fingerprint density at radius 2 is 1.79 bits per heavy atom. The Labute approximate surface area is 116 Å². The lowest BCUT2D eigenvalue weighted by Gasteiger charge is -2.36. The van der Waals surface area contributed by atoms with E-state index in [2.05, 4.69) is 13.8 Å². The maximum Gasteiger partial charge on any atom is 0.310 e. The van der Waals surface area contributed by atoms with Crippen LogP contribution >= 0.6 is 0 Å². The van der Waals surface area contributed by atoms with Crippen LogP contribution in [0.2, 0.25) is 0 Å². The van der Waals surface area contributed by atoms with Crippen molar-refractivity contribution < 1.29 is 9.53 Å². The molecule has 2 rings (SSSR count). The molecule has 0 saturated heterocycles. The van der Waals surface area contributed by atoms with E-state index < -0.39 is 0 Å². The SMILES string of the molecule is CC(C)(OC(=O)Cc1ccccc1)C1CCCCC1. The lowest BCUT2D eigenvalue weighted by atomic mass is 9.79. The monoisotopic (exact) mass is 260 g/mol. The number of esters is 1. The van der Waals surface area contributed by atoms with Gasteiger partial charge in [-0.2, -0.15) is 0 Å². The summed E-state index contributed by atoms with van der Waals surface area (Å²) in [6, 6.07) is 9.80. The Hall–Kier alpha value is -1.31. The van der Waals surface area contributed by atoms with E-state index in [1.54, 1.807) is 0 Å². The first kappa shape index (κ1) is 14.1. The molecule has 0 atom stereocenters. The second-order valence-corrected chi connectivity index (χ2v) is 6.07. The number of benzene rings is 1. The summed E-state index contributed by atoms with van der Waals surface area (Å²) in [7, 11) is 0. The maximum absolute atomic E-state index is 12.0. The number of carbonyl (C=O) groups excluding carboxylic acids is 1. The summed E-state index contributed by atoms with van der Waals surface area (Å²) in [5.41, 5.74) is 0.693. The van der Waals surface area contributed by atoms with E-state index in [1.165, 1.54) is 32.1 Å². The lowest BCUT2D eigenvalue weighted by Crippen LogP contribution is -2.38. The van der Waals surface area contributed by atoms with Crippen molar-refractivity contribution in [2.45, 2.75) is 58.0 Å². The van der Waals surface area contributed by atoms with Crippen molar-refractivity contribution in [1.29, 1.82) is 0 Å². The van der Waals surface area contributed by atoms with E-state index in [4.69, 9.17) is 4.74 Å². The highest BCUT2D eigenvalue weighted by Gasteiger charge is 2.33. The first-order chi connectivity index (χ1) is 9.08. The Kier molecular flexibility index (Phi) is 4.62. The Bertz CT molecular complexity index is 403. The first-order valence-corrected chi connectivity index (χ1v) is 7.34. The zero-order valence-corrected chi connectivity index (χ0v) is 12.0. The molecular formula is C17H24O2. The molecule has 1 aliphatic rings. The molecule has 2 nitrogen and oxygen atoms in total. The molecule has 1 aromatic rings. The van der Waals surface area contributed by atoms with E-state index in [9.17, 15) is 4.79 Å². The van der Waals surface area contributed by atoms with Gasteiger partial charge >= 0.3 is 5.97 Å². The molecule has 0 spiro atoms. The molecule has 19 heavy (non-hydrogen) atoms. The quantitative estimate of drug-likeness (QED) is 0.761. The first-order valence-electron chi connectivity index (χ1n) is 7.34. The molecule has 1 fully saturated rings. The molecule has 0 unspecified atom stereocenters. The van der Waals surface area contributed by atoms with Gasteiger partial charge in [-0.15, -0.1) is 0 Å². The summed E-state index contributed by atoms with van der Waals surface area (Å²) >= 11 is 0. The smallest absolute Gasteiger partial charge is 0.310 e. The molecular weight excluding hydrogens is 236 g/mol. The van der Waals surface area contributed by atoms with Gasteiger partial charge in [-0.1, -0.05) is 49.6 Å². The van der Waals surface area contributed by atoms with Crippen LogP contribution in [-0.2, 0) is 16.0 Å². The summed E-state index contributed by atoms with van der Waals surface area (Å²) in [5, 5.41) is 0. The third kappa shape index (κ3) is 4.09. The summed E-state index contributed by atoms with van der Waals surface area (Å²) in [4.78, 5) is 12.0. The van der Waals surface area contributed by atoms with Crippen LogP contribution in [-0.4, -0.2) is 11.6 Å². The standard InChI is InChI=1S/C17H24O2/c1-17(2,15-11-7-4-8-12-15)19-16(18)13-14-9-5-3-6-10-14/h3,5-6,9-10,15H,4,7-8,11-13H2,1-2H3. The summed E-state index contributed by atoms with van der Waals surface area (Å²) in [6.07, 6.45) is 6.60. The van der Waals surface area contributed by atoms with Crippen molar-refractivity contribution in [3.05, 3.63) is 35.9 Å². The van der Waals surface area contributed by atoms with E-state index >= 15 is 0 Å². The molecule has 0 aromatic heterocycles.